The van der Waals surface area contributed by atoms with Gasteiger partial charge in [-0.25, -0.2) is 8.42 Å². The van der Waals surface area contributed by atoms with Gasteiger partial charge in [-0.05, 0) is 48.9 Å². The summed E-state index contributed by atoms with van der Waals surface area (Å²) in [5, 5.41) is 3.20. The van der Waals surface area contributed by atoms with E-state index in [1.807, 2.05) is 18.2 Å². The normalized spacial score (nSPS) is 12.1. The van der Waals surface area contributed by atoms with Crippen LogP contribution in [0.4, 0.5) is 11.4 Å². The number of sulfonamides is 1. The number of anilines is 2. The van der Waals surface area contributed by atoms with Crippen LogP contribution in [0.15, 0.2) is 78.9 Å². The third kappa shape index (κ3) is 5.77. The third-order valence-corrected chi connectivity index (χ3v) is 5.93. The van der Waals surface area contributed by atoms with Crippen molar-refractivity contribution in [1.82, 2.24) is 0 Å². The molecule has 162 valence electrons. The molecule has 0 bridgehead atoms. The van der Waals surface area contributed by atoms with Gasteiger partial charge in [-0.3, -0.25) is 9.10 Å². The fourth-order valence-electron chi connectivity index (χ4n) is 3.16. The minimum absolute atomic E-state index is 0.267. The van der Waals surface area contributed by atoms with Gasteiger partial charge in [-0.2, -0.15) is 0 Å². The molecule has 0 fully saturated rings. The van der Waals surface area contributed by atoms with Gasteiger partial charge < -0.3 is 10.1 Å². The van der Waals surface area contributed by atoms with E-state index in [0.717, 1.165) is 10.6 Å². The van der Waals surface area contributed by atoms with Crippen LogP contribution >= 0.6 is 11.6 Å². The number of nitrogens with one attached hydrogen (secondary N) is 1. The van der Waals surface area contributed by atoms with Crippen molar-refractivity contribution in [3.05, 3.63) is 83.9 Å². The van der Waals surface area contributed by atoms with Crippen molar-refractivity contribution in [3.63, 3.8) is 0 Å². The summed E-state index contributed by atoms with van der Waals surface area (Å²) in [5.74, 6) is 0.496. The van der Waals surface area contributed by atoms with E-state index in [9.17, 15) is 13.2 Å². The minimum atomic E-state index is -3.72. The molecule has 0 heterocycles. The van der Waals surface area contributed by atoms with Crippen LogP contribution < -0.4 is 14.4 Å². The lowest BCUT2D eigenvalue weighted by Crippen LogP contribution is -2.47. The Hall–Kier alpha value is -3.03. The molecule has 0 spiro atoms. The van der Waals surface area contributed by atoms with Crippen LogP contribution in [0.25, 0.3) is 0 Å². The molecule has 1 atom stereocenters. The maximum atomic E-state index is 13.2. The second-order valence-corrected chi connectivity index (χ2v) is 9.16. The van der Waals surface area contributed by atoms with Gasteiger partial charge in [0.05, 0.1) is 17.6 Å². The lowest BCUT2D eigenvalue weighted by Gasteiger charge is -2.30. The molecule has 0 saturated carbocycles. The van der Waals surface area contributed by atoms with E-state index in [2.05, 4.69) is 5.32 Å². The largest absolute Gasteiger partial charge is 0.455 e. The van der Waals surface area contributed by atoms with Crippen LogP contribution in [-0.4, -0.2) is 26.6 Å². The zero-order valence-electron chi connectivity index (χ0n) is 17.2. The number of ether oxygens (including phenoxy) is 1. The van der Waals surface area contributed by atoms with E-state index in [4.69, 9.17) is 16.3 Å². The summed E-state index contributed by atoms with van der Waals surface area (Å²) >= 11 is 6.13. The number of amides is 1. The van der Waals surface area contributed by atoms with Gasteiger partial charge in [0.15, 0.2) is 5.75 Å². The van der Waals surface area contributed by atoms with Gasteiger partial charge >= 0.3 is 0 Å². The third-order valence-electron chi connectivity index (χ3n) is 4.51. The maximum absolute atomic E-state index is 13.2. The molecule has 6 nitrogen and oxygen atoms in total. The fraction of sp³-hybridized carbons (Fsp3) is 0.174. The van der Waals surface area contributed by atoms with Crippen molar-refractivity contribution < 1.29 is 17.9 Å². The molecule has 1 unspecified atom stereocenters. The number of carbonyl (C=O) groups excluding carboxylic acids is 1. The monoisotopic (exact) mass is 458 g/mol. The van der Waals surface area contributed by atoms with Gasteiger partial charge in [-0.1, -0.05) is 54.9 Å². The average Bonchev–Trinajstić information content (AvgIpc) is 2.74. The molecule has 0 aliphatic heterocycles. The van der Waals surface area contributed by atoms with E-state index >= 15 is 0 Å². The molecule has 0 saturated heterocycles. The highest BCUT2D eigenvalue weighted by molar-refractivity contribution is 7.92. The summed E-state index contributed by atoms with van der Waals surface area (Å²) in [6.07, 6.45) is 1.35. The Morgan fingerprint density at radius 1 is 1.03 bits per heavy atom. The van der Waals surface area contributed by atoms with Crippen LogP contribution in [0.2, 0.25) is 5.02 Å². The van der Waals surface area contributed by atoms with Crippen molar-refractivity contribution in [3.8, 4) is 11.5 Å². The first kappa shape index (κ1) is 22.7. The second-order valence-electron chi connectivity index (χ2n) is 6.86. The Bertz CT molecular complexity index is 1140. The number of hydrogen-bond donors (Lipinski definition) is 1. The van der Waals surface area contributed by atoms with E-state index in [0.29, 0.717) is 27.9 Å². The quantitative estimate of drug-likeness (QED) is 0.496. The van der Waals surface area contributed by atoms with Crippen LogP contribution in [0.1, 0.15) is 13.3 Å². The van der Waals surface area contributed by atoms with E-state index in [-0.39, 0.29) is 6.42 Å². The summed E-state index contributed by atoms with van der Waals surface area (Å²) in [6, 6.07) is 21.6. The molecule has 31 heavy (non-hydrogen) atoms. The van der Waals surface area contributed by atoms with Gasteiger partial charge in [-0.15, -0.1) is 0 Å². The first-order chi connectivity index (χ1) is 14.8. The second kappa shape index (κ2) is 9.85. The van der Waals surface area contributed by atoms with Crippen LogP contribution in [0, 0.1) is 0 Å². The SMILES string of the molecule is CCC(C(=O)Nc1cc(Cl)ccc1Oc1ccccc1)N(c1ccccc1)S(C)(=O)=O. The Morgan fingerprint density at radius 3 is 2.23 bits per heavy atom. The molecule has 0 aromatic heterocycles. The first-order valence-corrected chi connectivity index (χ1v) is 11.9. The molecule has 3 rings (SSSR count). The van der Waals surface area contributed by atoms with Crippen molar-refractivity contribution in [2.24, 2.45) is 0 Å². The van der Waals surface area contributed by atoms with Crippen molar-refractivity contribution in [2.75, 3.05) is 15.9 Å². The molecule has 3 aromatic carbocycles. The highest BCUT2D eigenvalue weighted by Gasteiger charge is 2.31. The summed E-state index contributed by atoms with van der Waals surface area (Å²) < 4.78 is 32.1. The van der Waals surface area contributed by atoms with Crippen molar-refractivity contribution >= 4 is 38.9 Å². The Balaban J connectivity index is 1.92. The molecular formula is C23H23ClN2O4S. The smallest absolute Gasteiger partial charge is 0.248 e. The summed E-state index contributed by atoms with van der Waals surface area (Å²) in [4.78, 5) is 13.2. The molecule has 0 radical (unpaired) electrons. The molecular weight excluding hydrogens is 436 g/mol. The lowest BCUT2D eigenvalue weighted by atomic mass is 10.1. The number of carbonyl (C=O) groups is 1. The maximum Gasteiger partial charge on any atom is 0.248 e. The average molecular weight is 459 g/mol. The van der Waals surface area contributed by atoms with E-state index < -0.39 is 22.0 Å². The van der Waals surface area contributed by atoms with E-state index in [1.54, 1.807) is 67.6 Å². The highest BCUT2D eigenvalue weighted by atomic mass is 35.5. The van der Waals surface area contributed by atoms with Crippen molar-refractivity contribution in [2.45, 2.75) is 19.4 Å². The fourth-order valence-corrected chi connectivity index (χ4v) is 4.54. The molecule has 3 aromatic rings. The first-order valence-electron chi connectivity index (χ1n) is 9.67. The molecule has 1 amide bonds. The Labute approximate surface area is 187 Å². The Kier molecular flexibility index (Phi) is 7.20. The highest BCUT2D eigenvalue weighted by Crippen LogP contribution is 2.33. The number of benzene rings is 3. The number of rotatable bonds is 8. The standard InChI is InChI=1S/C23H23ClN2O4S/c1-3-21(26(31(2,28)29)18-10-6-4-7-11-18)23(27)25-20-16-17(24)14-15-22(20)30-19-12-8-5-9-13-19/h4-16,21H,3H2,1-2H3,(H,25,27). The van der Waals surface area contributed by atoms with Gasteiger partial charge in [0.2, 0.25) is 15.9 Å². The van der Waals surface area contributed by atoms with Crippen LogP contribution in [-0.2, 0) is 14.8 Å². The zero-order valence-corrected chi connectivity index (χ0v) is 18.7. The van der Waals surface area contributed by atoms with Crippen molar-refractivity contribution in [1.29, 1.82) is 0 Å². The zero-order chi connectivity index (χ0) is 22.4. The summed E-state index contributed by atoms with van der Waals surface area (Å²) in [6.45, 7) is 1.75. The lowest BCUT2D eigenvalue weighted by molar-refractivity contribution is -0.117. The van der Waals surface area contributed by atoms with Gasteiger partial charge in [0.25, 0.3) is 0 Å². The molecule has 0 aliphatic rings. The predicted octanol–water partition coefficient (Wildman–Crippen LogP) is 5.32. The number of para-hydroxylation sites is 2. The van der Waals surface area contributed by atoms with Gasteiger partial charge in [0.1, 0.15) is 11.8 Å². The molecule has 8 heteroatoms. The number of hydrogen-bond acceptors (Lipinski definition) is 4. The van der Waals surface area contributed by atoms with Crippen LogP contribution in [0.5, 0.6) is 11.5 Å². The molecule has 0 aliphatic carbocycles. The summed E-state index contributed by atoms with van der Waals surface area (Å²) in [7, 11) is -3.72. The van der Waals surface area contributed by atoms with Gasteiger partial charge in [0, 0.05) is 5.02 Å². The topological polar surface area (TPSA) is 75.7 Å². The number of halogens is 1. The number of nitrogens with zero attached hydrogens (tertiary/aromatic N) is 1. The minimum Gasteiger partial charge on any atom is -0.455 e. The molecule has 1 N–H and O–H groups in total. The van der Waals surface area contributed by atoms with Crippen LogP contribution in [0.3, 0.4) is 0 Å². The summed E-state index contributed by atoms with van der Waals surface area (Å²) in [5.41, 5.74) is 0.764. The van der Waals surface area contributed by atoms with E-state index in [1.165, 1.54) is 0 Å². The Morgan fingerprint density at radius 2 is 1.65 bits per heavy atom. The predicted molar refractivity (Wildman–Crippen MR) is 124 cm³/mol.